The van der Waals surface area contributed by atoms with E-state index < -0.39 is 39.6 Å². The molecule has 162 valence electrons. The minimum absolute atomic E-state index is 0.0726. The van der Waals surface area contributed by atoms with Crippen LogP contribution in [0.2, 0.25) is 0 Å². The van der Waals surface area contributed by atoms with Crippen LogP contribution in [0.5, 0.6) is 0 Å². The summed E-state index contributed by atoms with van der Waals surface area (Å²) >= 11 is 0. The Hall–Kier alpha value is -2.09. The maximum atomic E-state index is 13.6. The van der Waals surface area contributed by atoms with Gasteiger partial charge in [0.25, 0.3) is 10.0 Å². The van der Waals surface area contributed by atoms with Crippen molar-refractivity contribution >= 4 is 22.1 Å². The number of rotatable bonds is 6. The average molecular weight is 426 g/mol. The first-order valence-electron chi connectivity index (χ1n) is 9.66. The Bertz CT molecular complexity index is 896. The predicted octanol–water partition coefficient (Wildman–Crippen LogP) is 3.74. The molecule has 8 heteroatoms. The first-order chi connectivity index (χ1) is 13.2. The molecule has 1 aliphatic rings. The van der Waals surface area contributed by atoms with Crippen molar-refractivity contribution in [1.29, 1.82) is 0 Å². The first kappa shape index (κ1) is 23.2. The monoisotopic (exact) mass is 425 g/mol. The van der Waals surface area contributed by atoms with Crippen LogP contribution in [-0.2, 0) is 24.3 Å². The van der Waals surface area contributed by atoms with Crippen molar-refractivity contribution in [3.8, 4) is 0 Å². The Kier molecular flexibility index (Phi) is 6.37. The standard InChI is InChI=1S/C21H31NO6S/c1-12(2)9-16-18(21(6,7)19(23)27-8)28-20(24)22(16)29(25,26)17-14(4)10-13(3)11-15(17)5/h10-12,16,18H,9H2,1-8H3/t16-,18+/m0/s1. The van der Waals surface area contributed by atoms with Crippen molar-refractivity contribution in [3.05, 3.63) is 28.8 Å². The van der Waals surface area contributed by atoms with Crippen molar-refractivity contribution in [2.75, 3.05) is 7.11 Å². The van der Waals surface area contributed by atoms with Gasteiger partial charge in [-0.1, -0.05) is 31.5 Å². The number of benzene rings is 1. The normalized spacial score (nSPS) is 20.2. The number of esters is 1. The van der Waals surface area contributed by atoms with Gasteiger partial charge in [-0.2, -0.15) is 4.31 Å². The Labute approximate surface area is 173 Å². The van der Waals surface area contributed by atoms with Crippen molar-refractivity contribution in [2.45, 2.75) is 71.9 Å². The summed E-state index contributed by atoms with van der Waals surface area (Å²) in [6.07, 6.45) is -1.55. The molecule has 2 rings (SSSR count). The number of methoxy groups -OCH3 is 1. The fourth-order valence-corrected chi connectivity index (χ4v) is 6.08. The number of sulfonamides is 1. The minimum atomic E-state index is -4.18. The Morgan fingerprint density at radius 2 is 1.72 bits per heavy atom. The summed E-state index contributed by atoms with van der Waals surface area (Å²) in [4.78, 5) is 25.3. The fourth-order valence-electron chi connectivity index (χ4n) is 4.16. The quantitative estimate of drug-likeness (QED) is 0.645. The zero-order valence-corrected chi connectivity index (χ0v) is 19.2. The number of ether oxygens (including phenoxy) is 2. The molecule has 0 N–H and O–H groups in total. The zero-order chi connectivity index (χ0) is 22.3. The molecule has 1 heterocycles. The highest BCUT2D eigenvalue weighted by Gasteiger charge is 2.57. The van der Waals surface area contributed by atoms with Crippen LogP contribution in [-0.4, -0.2) is 44.0 Å². The van der Waals surface area contributed by atoms with E-state index in [1.165, 1.54) is 7.11 Å². The highest BCUT2D eigenvalue weighted by Crippen LogP contribution is 2.40. The minimum Gasteiger partial charge on any atom is -0.468 e. The van der Waals surface area contributed by atoms with Gasteiger partial charge in [-0.25, -0.2) is 13.2 Å². The molecule has 2 atom stereocenters. The summed E-state index contributed by atoms with van der Waals surface area (Å²) in [7, 11) is -2.92. The van der Waals surface area contributed by atoms with Crippen LogP contribution in [0.4, 0.5) is 4.79 Å². The largest absolute Gasteiger partial charge is 0.468 e. The van der Waals surface area contributed by atoms with Gasteiger partial charge in [-0.15, -0.1) is 0 Å². The van der Waals surface area contributed by atoms with Gasteiger partial charge in [-0.05, 0) is 58.1 Å². The van der Waals surface area contributed by atoms with Gasteiger partial charge in [0.05, 0.1) is 18.0 Å². The van der Waals surface area contributed by atoms with Crippen LogP contribution in [0.3, 0.4) is 0 Å². The van der Waals surface area contributed by atoms with Gasteiger partial charge >= 0.3 is 12.1 Å². The van der Waals surface area contributed by atoms with E-state index in [0.717, 1.165) is 9.87 Å². The van der Waals surface area contributed by atoms with Gasteiger partial charge in [-0.3, -0.25) is 4.79 Å². The molecular weight excluding hydrogens is 394 g/mol. The molecule has 0 unspecified atom stereocenters. The van der Waals surface area contributed by atoms with Gasteiger partial charge in [0, 0.05) is 0 Å². The summed E-state index contributed by atoms with van der Waals surface area (Å²) in [5.41, 5.74) is 0.862. The maximum Gasteiger partial charge on any atom is 0.424 e. The zero-order valence-electron chi connectivity index (χ0n) is 18.4. The van der Waals surface area contributed by atoms with Crippen LogP contribution < -0.4 is 0 Å². The third-order valence-corrected chi connectivity index (χ3v) is 7.41. The molecule has 0 radical (unpaired) electrons. The molecule has 0 saturated carbocycles. The third kappa shape index (κ3) is 4.13. The second-order valence-corrected chi connectivity index (χ2v) is 10.5. The lowest BCUT2D eigenvalue weighted by Crippen LogP contribution is -2.49. The van der Waals surface area contributed by atoms with Crippen molar-refractivity contribution in [1.82, 2.24) is 4.31 Å². The fraction of sp³-hybridized carbons (Fsp3) is 0.619. The lowest BCUT2D eigenvalue weighted by molar-refractivity contribution is -0.157. The van der Waals surface area contributed by atoms with Crippen LogP contribution >= 0.6 is 0 Å². The Morgan fingerprint density at radius 3 is 2.17 bits per heavy atom. The molecule has 0 aliphatic carbocycles. The van der Waals surface area contributed by atoms with Crippen molar-refractivity contribution in [3.63, 3.8) is 0 Å². The highest BCUT2D eigenvalue weighted by atomic mass is 32.2. The van der Waals surface area contributed by atoms with Crippen molar-refractivity contribution in [2.24, 2.45) is 11.3 Å². The number of hydrogen-bond acceptors (Lipinski definition) is 6. The van der Waals surface area contributed by atoms with E-state index >= 15 is 0 Å². The molecule has 7 nitrogen and oxygen atoms in total. The maximum absolute atomic E-state index is 13.6. The average Bonchev–Trinajstić information content (AvgIpc) is 2.89. The summed E-state index contributed by atoms with van der Waals surface area (Å²) in [5, 5.41) is 0. The SMILES string of the molecule is COC(=O)C(C)(C)[C@@H]1OC(=O)N(S(=O)(=O)c2c(C)cc(C)cc2C)[C@H]1CC(C)C. The molecule has 1 aliphatic heterocycles. The molecule has 0 bridgehead atoms. The molecule has 1 aromatic rings. The van der Waals surface area contributed by atoms with E-state index in [2.05, 4.69) is 0 Å². The molecule has 1 amide bonds. The topological polar surface area (TPSA) is 90.0 Å². The Balaban J connectivity index is 2.64. The van der Waals surface area contributed by atoms with Gasteiger partial charge in [0.1, 0.15) is 11.5 Å². The molecule has 0 spiro atoms. The molecular formula is C21H31NO6S. The summed E-state index contributed by atoms with van der Waals surface area (Å²) in [6.45, 7) is 12.4. The van der Waals surface area contributed by atoms with E-state index in [9.17, 15) is 18.0 Å². The van der Waals surface area contributed by atoms with E-state index in [0.29, 0.717) is 17.5 Å². The second-order valence-electron chi connectivity index (χ2n) is 8.74. The van der Waals surface area contributed by atoms with E-state index in [1.807, 2.05) is 20.8 Å². The second kappa shape index (κ2) is 7.97. The van der Waals surface area contributed by atoms with Gasteiger partial charge in [0.2, 0.25) is 0 Å². The summed E-state index contributed by atoms with van der Waals surface area (Å²) in [5.74, 6) is -0.491. The number of cyclic esters (lactones) is 1. The van der Waals surface area contributed by atoms with Crippen LogP contribution in [0.1, 0.15) is 50.8 Å². The summed E-state index contributed by atoms with van der Waals surface area (Å²) < 4.78 is 38.4. The first-order valence-corrected chi connectivity index (χ1v) is 11.1. The van der Waals surface area contributed by atoms with Gasteiger partial charge < -0.3 is 9.47 Å². The number of aryl methyl sites for hydroxylation is 3. The summed E-state index contributed by atoms with van der Waals surface area (Å²) in [6, 6.07) is 2.73. The molecule has 1 saturated heterocycles. The molecule has 1 aromatic carbocycles. The molecule has 1 fully saturated rings. The van der Waals surface area contributed by atoms with Crippen molar-refractivity contribution < 1.29 is 27.5 Å². The molecule has 29 heavy (non-hydrogen) atoms. The highest BCUT2D eigenvalue weighted by molar-refractivity contribution is 7.89. The molecule has 0 aromatic heterocycles. The number of amides is 1. The van der Waals surface area contributed by atoms with Crippen LogP contribution in [0, 0.1) is 32.1 Å². The lowest BCUT2D eigenvalue weighted by Gasteiger charge is -2.33. The lowest BCUT2D eigenvalue weighted by atomic mass is 9.80. The van der Waals surface area contributed by atoms with Crippen LogP contribution in [0.15, 0.2) is 17.0 Å². The number of carbonyl (C=O) groups excluding carboxylic acids is 2. The smallest absolute Gasteiger partial charge is 0.424 e. The van der Waals surface area contributed by atoms with Crippen LogP contribution in [0.25, 0.3) is 0 Å². The van der Waals surface area contributed by atoms with E-state index in [4.69, 9.17) is 9.47 Å². The van der Waals surface area contributed by atoms with Gasteiger partial charge in [0.15, 0.2) is 0 Å². The predicted molar refractivity (Wildman–Crippen MR) is 109 cm³/mol. The van der Waals surface area contributed by atoms with E-state index in [-0.39, 0.29) is 10.8 Å². The van der Waals surface area contributed by atoms with E-state index in [1.54, 1.807) is 39.8 Å². The number of nitrogens with zero attached hydrogens (tertiary/aromatic N) is 1. The number of carbonyl (C=O) groups is 2. The number of hydrogen-bond donors (Lipinski definition) is 0. The third-order valence-electron chi connectivity index (χ3n) is 5.32. The Morgan fingerprint density at radius 1 is 1.21 bits per heavy atom.